The Morgan fingerprint density at radius 1 is 1.28 bits per heavy atom. The molecule has 0 radical (unpaired) electrons. The molecule has 2 N–H and O–H groups in total. The summed E-state index contributed by atoms with van der Waals surface area (Å²) in [6.45, 7) is 2.52. The van der Waals surface area contributed by atoms with Crippen molar-refractivity contribution in [3.63, 3.8) is 0 Å². The van der Waals surface area contributed by atoms with Gasteiger partial charge in [-0.05, 0) is 42.7 Å². The first kappa shape index (κ1) is 20.9. The lowest BCUT2D eigenvalue weighted by Crippen LogP contribution is -2.50. The molecule has 2 aliphatic rings. The number of amides is 2. The highest BCUT2D eigenvalue weighted by molar-refractivity contribution is 8.01. The Kier molecular flexibility index (Phi) is 5.37. The SMILES string of the molecule is COc1ccc(C(CNC(=O)C2CSC3(C)CCC(=O)N23)c2c[nH]c3ccccc23)cc1. The molecule has 7 heteroatoms. The number of para-hydroxylation sites is 1. The van der Waals surface area contributed by atoms with Gasteiger partial charge in [0, 0.05) is 41.7 Å². The van der Waals surface area contributed by atoms with Crippen molar-refractivity contribution in [1.29, 1.82) is 0 Å². The number of fused-ring (bicyclic) bond motifs is 2. The average molecular weight is 450 g/mol. The van der Waals surface area contributed by atoms with Gasteiger partial charge in [-0.25, -0.2) is 0 Å². The van der Waals surface area contributed by atoms with Crippen molar-refractivity contribution < 1.29 is 14.3 Å². The standard InChI is InChI=1S/C25H27N3O3S/c1-25-12-11-23(29)28(25)22(15-32-25)24(30)27-13-19(16-7-9-17(31-2)10-8-16)20-14-26-21-6-4-3-5-18(20)21/h3-10,14,19,22,26H,11-13,15H2,1-2H3,(H,27,30). The maximum atomic E-state index is 13.2. The number of aromatic nitrogens is 1. The van der Waals surface area contributed by atoms with Crippen molar-refractivity contribution in [1.82, 2.24) is 15.2 Å². The highest BCUT2D eigenvalue weighted by atomic mass is 32.2. The molecule has 0 saturated carbocycles. The van der Waals surface area contributed by atoms with Gasteiger partial charge in [0.1, 0.15) is 11.8 Å². The number of hydrogen-bond donors (Lipinski definition) is 2. The van der Waals surface area contributed by atoms with E-state index in [-0.39, 0.29) is 22.6 Å². The van der Waals surface area contributed by atoms with Crippen LogP contribution in [0.2, 0.25) is 0 Å². The summed E-state index contributed by atoms with van der Waals surface area (Å²) < 4.78 is 5.32. The van der Waals surface area contributed by atoms with Crippen LogP contribution in [0, 0.1) is 0 Å². The molecule has 32 heavy (non-hydrogen) atoms. The predicted molar refractivity (Wildman–Crippen MR) is 127 cm³/mol. The van der Waals surface area contributed by atoms with Crippen LogP contribution in [-0.2, 0) is 9.59 Å². The third-order valence-corrected chi connectivity index (χ3v) is 8.25. The molecule has 5 rings (SSSR count). The van der Waals surface area contributed by atoms with Gasteiger partial charge in [0.2, 0.25) is 11.8 Å². The second-order valence-corrected chi connectivity index (χ2v) is 10.1. The van der Waals surface area contributed by atoms with Gasteiger partial charge in [0.05, 0.1) is 12.0 Å². The number of H-pyrrole nitrogens is 1. The van der Waals surface area contributed by atoms with Crippen LogP contribution in [0.1, 0.15) is 36.8 Å². The number of ether oxygens (including phenoxy) is 1. The zero-order chi connectivity index (χ0) is 22.3. The average Bonchev–Trinajstić information content (AvgIpc) is 3.47. The van der Waals surface area contributed by atoms with E-state index in [1.165, 1.54) is 0 Å². The number of nitrogens with zero attached hydrogens (tertiary/aromatic N) is 1. The third-order valence-electron chi connectivity index (χ3n) is 6.74. The molecule has 3 heterocycles. The summed E-state index contributed by atoms with van der Waals surface area (Å²) in [5.74, 6) is 1.42. The first-order valence-corrected chi connectivity index (χ1v) is 11.9. The van der Waals surface area contributed by atoms with Crippen LogP contribution in [0.5, 0.6) is 5.75 Å². The van der Waals surface area contributed by atoms with Crippen LogP contribution in [0.3, 0.4) is 0 Å². The minimum Gasteiger partial charge on any atom is -0.497 e. The van der Waals surface area contributed by atoms with E-state index in [1.807, 2.05) is 42.6 Å². The van der Waals surface area contributed by atoms with E-state index in [2.05, 4.69) is 29.4 Å². The van der Waals surface area contributed by atoms with E-state index < -0.39 is 6.04 Å². The van der Waals surface area contributed by atoms with Gasteiger partial charge in [0.15, 0.2) is 0 Å². The highest BCUT2D eigenvalue weighted by Gasteiger charge is 2.52. The largest absolute Gasteiger partial charge is 0.497 e. The summed E-state index contributed by atoms with van der Waals surface area (Å²) in [4.78, 5) is 30.6. The van der Waals surface area contributed by atoms with Crippen molar-refractivity contribution in [3.05, 3.63) is 65.9 Å². The molecular weight excluding hydrogens is 422 g/mol. The molecule has 0 bridgehead atoms. The van der Waals surface area contributed by atoms with Crippen LogP contribution in [0.15, 0.2) is 54.7 Å². The van der Waals surface area contributed by atoms with E-state index >= 15 is 0 Å². The summed E-state index contributed by atoms with van der Waals surface area (Å²) in [7, 11) is 1.65. The van der Waals surface area contributed by atoms with E-state index in [0.717, 1.165) is 34.2 Å². The molecule has 2 aliphatic heterocycles. The Balaban J connectivity index is 1.41. The smallest absolute Gasteiger partial charge is 0.243 e. The fourth-order valence-electron chi connectivity index (χ4n) is 4.96. The highest BCUT2D eigenvalue weighted by Crippen LogP contribution is 2.47. The number of aromatic amines is 1. The number of thioether (sulfide) groups is 1. The van der Waals surface area contributed by atoms with Crippen LogP contribution < -0.4 is 10.1 Å². The molecule has 3 aromatic rings. The van der Waals surface area contributed by atoms with E-state index in [9.17, 15) is 9.59 Å². The zero-order valence-electron chi connectivity index (χ0n) is 18.3. The number of rotatable bonds is 6. The van der Waals surface area contributed by atoms with Crippen molar-refractivity contribution in [2.75, 3.05) is 19.4 Å². The molecule has 3 atom stereocenters. The lowest BCUT2D eigenvalue weighted by molar-refractivity contribution is -0.137. The first-order valence-electron chi connectivity index (χ1n) is 10.9. The van der Waals surface area contributed by atoms with Gasteiger partial charge in [-0.2, -0.15) is 0 Å². The van der Waals surface area contributed by atoms with Crippen molar-refractivity contribution in [2.24, 2.45) is 0 Å². The molecule has 0 spiro atoms. The summed E-state index contributed by atoms with van der Waals surface area (Å²) in [6, 6.07) is 15.8. The van der Waals surface area contributed by atoms with E-state index in [4.69, 9.17) is 4.74 Å². The van der Waals surface area contributed by atoms with Crippen LogP contribution in [0.4, 0.5) is 0 Å². The number of nitrogens with one attached hydrogen (secondary N) is 2. The Morgan fingerprint density at radius 2 is 2.06 bits per heavy atom. The zero-order valence-corrected chi connectivity index (χ0v) is 19.1. The summed E-state index contributed by atoms with van der Waals surface area (Å²) in [5.41, 5.74) is 3.30. The molecule has 2 saturated heterocycles. The Morgan fingerprint density at radius 3 is 2.84 bits per heavy atom. The van der Waals surface area contributed by atoms with Crippen molar-refractivity contribution >= 4 is 34.5 Å². The second kappa shape index (κ2) is 8.20. The molecule has 166 valence electrons. The second-order valence-electron chi connectivity index (χ2n) is 8.63. The summed E-state index contributed by atoms with van der Waals surface area (Å²) in [6.07, 6.45) is 3.36. The lowest BCUT2D eigenvalue weighted by Gasteiger charge is -2.30. The molecule has 0 aliphatic carbocycles. The fraction of sp³-hybridized carbons (Fsp3) is 0.360. The lowest BCUT2D eigenvalue weighted by atomic mass is 9.90. The molecule has 6 nitrogen and oxygen atoms in total. The van der Waals surface area contributed by atoms with Crippen molar-refractivity contribution in [2.45, 2.75) is 36.6 Å². The topological polar surface area (TPSA) is 74.4 Å². The van der Waals surface area contributed by atoms with Gasteiger partial charge in [-0.3, -0.25) is 9.59 Å². The summed E-state index contributed by atoms with van der Waals surface area (Å²) in [5, 5.41) is 4.30. The normalized spacial score (nSPS) is 23.4. The molecule has 2 amide bonds. The van der Waals surface area contributed by atoms with Crippen molar-refractivity contribution in [3.8, 4) is 5.75 Å². The quantitative estimate of drug-likeness (QED) is 0.599. The summed E-state index contributed by atoms with van der Waals surface area (Å²) >= 11 is 1.72. The molecule has 2 aromatic carbocycles. The maximum Gasteiger partial charge on any atom is 0.243 e. The fourth-order valence-corrected chi connectivity index (χ4v) is 6.39. The number of benzene rings is 2. The molecule has 1 aromatic heterocycles. The Hall–Kier alpha value is -2.93. The Labute approximate surface area is 191 Å². The Bertz CT molecular complexity index is 1160. The predicted octanol–water partition coefficient (Wildman–Crippen LogP) is 3.88. The van der Waals surface area contributed by atoms with Gasteiger partial charge in [-0.1, -0.05) is 30.3 Å². The number of hydrogen-bond acceptors (Lipinski definition) is 4. The van der Waals surface area contributed by atoms with E-state index in [0.29, 0.717) is 18.7 Å². The minimum absolute atomic E-state index is 0.0317. The maximum absolute atomic E-state index is 13.2. The monoisotopic (exact) mass is 449 g/mol. The number of methoxy groups -OCH3 is 1. The molecule has 2 fully saturated rings. The van der Waals surface area contributed by atoms with Crippen LogP contribution >= 0.6 is 11.8 Å². The van der Waals surface area contributed by atoms with Crippen LogP contribution in [-0.4, -0.2) is 52.0 Å². The third kappa shape index (κ3) is 3.54. The van der Waals surface area contributed by atoms with Gasteiger partial charge in [0.25, 0.3) is 0 Å². The molecular formula is C25H27N3O3S. The first-order chi connectivity index (χ1) is 15.5. The van der Waals surface area contributed by atoms with Crippen LogP contribution in [0.25, 0.3) is 10.9 Å². The minimum atomic E-state index is -0.403. The number of carbonyl (C=O) groups is 2. The van der Waals surface area contributed by atoms with Gasteiger partial charge in [-0.15, -0.1) is 11.8 Å². The van der Waals surface area contributed by atoms with E-state index in [1.54, 1.807) is 23.8 Å². The molecule has 3 unspecified atom stereocenters. The van der Waals surface area contributed by atoms with Gasteiger partial charge >= 0.3 is 0 Å². The number of carbonyl (C=O) groups excluding carboxylic acids is 2. The van der Waals surface area contributed by atoms with Gasteiger partial charge < -0.3 is 19.9 Å².